The van der Waals surface area contributed by atoms with Crippen molar-refractivity contribution < 1.29 is 0 Å². The van der Waals surface area contributed by atoms with Crippen LogP contribution in [0.15, 0.2) is 406 Å². The smallest absolute Gasteiger partial charge is 0.0327 e. The number of halogens is 1. The standard InChI is InChI=1S/C56H33I.C56H34/c57-56-46-29-15-12-26-43(46)47-32-51-52(33-50(47)53(56)34-16-2-1-3-17-34)55(49-31-36-19-5-7-21-38(36)40-23-9-11-25-42(40)49)45-28-14-13-27-44(45)54(51)48-30-35-18-4-6-20-37(35)39-22-8-10-24-41(39)48;1-2-16-37(17-3-1)30-31-38-18-4-7-21-42(38)41-32-33-51-54(36-41)56(53-35-40-20-6-9-23-44(40)46-25-11-13-27-48(46)53)50-29-15-14-28-49(50)55(51)52-34-39-19-5-8-22-43(39)45-24-10-12-26-47(45)52/h1-33H;1-29,32-36H. The molecule has 0 saturated carbocycles. The molecule has 0 atom stereocenters. The van der Waals surface area contributed by atoms with Crippen LogP contribution in [0.1, 0.15) is 11.1 Å². The predicted molar refractivity (Wildman–Crippen MR) is 496 cm³/mol. The zero-order chi connectivity index (χ0) is 74.6. The molecule has 0 aromatic heterocycles. The Labute approximate surface area is 667 Å². The molecule has 0 spiro atoms. The quantitative estimate of drug-likeness (QED) is 0.0674. The topological polar surface area (TPSA) is 0 Å². The maximum absolute atomic E-state index is 3.52. The summed E-state index contributed by atoms with van der Waals surface area (Å²) >= 11 is 2.60. The van der Waals surface area contributed by atoms with E-state index in [9.17, 15) is 0 Å². The first-order chi connectivity index (χ1) is 56.0. The molecule has 0 radical (unpaired) electrons. The highest BCUT2D eigenvalue weighted by atomic mass is 127. The van der Waals surface area contributed by atoms with Crippen LogP contribution in [0.3, 0.4) is 0 Å². The van der Waals surface area contributed by atoms with E-state index in [0.29, 0.717) is 0 Å². The van der Waals surface area contributed by atoms with E-state index in [4.69, 9.17) is 0 Å². The Kier molecular flexibility index (Phi) is 15.9. The summed E-state index contributed by atoms with van der Waals surface area (Å²) in [7, 11) is 0. The van der Waals surface area contributed by atoms with Gasteiger partial charge in [0.2, 0.25) is 0 Å². The summed E-state index contributed by atoms with van der Waals surface area (Å²) in [5, 5.41) is 35.3. The van der Waals surface area contributed by atoms with Gasteiger partial charge in [0.15, 0.2) is 0 Å². The van der Waals surface area contributed by atoms with Crippen molar-refractivity contribution in [3.05, 3.63) is 421 Å². The molecule has 23 aromatic carbocycles. The third-order valence-corrected chi connectivity index (χ3v) is 24.8. The number of fused-ring (bicyclic) bond motifs is 19. The highest BCUT2D eigenvalue weighted by Gasteiger charge is 2.26. The molecule has 0 heterocycles. The van der Waals surface area contributed by atoms with Gasteiger partial charge < -0.3 is 0 Å². The van der Waals surface area contributed by atoms with Crippen molar-refractivity contribution in [3.8, 4) is 78.6 Å². The van der Waals surface area contributed by atoms with Crippen LogP contribution in [0.5, 0.6) is 0 Å². The van der Waals surface area contributed by atoms with Crippen LogP contribution < -0.4 is 0 Å². The van der Waals surface area contributed by atoms with Crippen LogP contribution in [0.2, 0.25) is 0 Å². The summed E-state index contributed by atoms with van der Waals surface area (Å²) in [5.74, 6) is 6.94. The highest BCUT2D eigenvalue weighted by molar-refractivity contribution is 14.1. The van der Waals surface area contributed by atoms with Crippen LogP contribution in [0.25, 0.3) is 218 Å². The largest absolute Gasteiger partial charge is 0.0622 e. The van der Waals surface area contributed by atoms with Crippen LogP contribution in [0.4, 0.5) is 0 Å². The highest BCUT2D eigenvalue weighted by Crippen LogP contribution is 2.54. The Morgan fingerprint density at radius 3 is 0.850 bits per heavy atom. The molecule has 0 aliphatic heterocycles. The first-order valence-corrected chi connectivity index (χ1v) is 40.0. The molecule has 23 rings (SSSR count). The molecule has 1 heteroatoms. The van der Waals surface area contributed by atoms with Crippen LogP contribution in [-0.4, -0.2) is 0 Å². The Bertz CT molecular complexity index is 7990. The molecular weight excluding hydrogens is 1470 g/mol. The lowest BCUT2D eigenvalue weighted by molar-refractivity contribution is 1.59. The second kappa shape index (κ2) is 27.2. The van der Waals surface area contributed by atoms with Crippen molar-refractivity contribution in [3.63, 3.8) is 0 Å². The lowest BCUT2D eigenvalue weighted by atomic mass is 9.80. The van der Waals surface area contributed by atoms with Gasteiger partial charge in [0.1, 0.15) is 0 Å². The van der Waals surface area contributed by atoms with Gasteiger partial charge in [-0.2, -0.15) is 0 Å². The van der Waals surface area contributed by atoms with Crippen molar-refractivity contribution in [1.29, 1.82) is 0 Å². The summed E-state index contributed by atoms with van der Waals surface area (Å²) in [6, 6.07) is 150. The van der Waals surface area contributed by atoms with E-state index in [0.717, 1.165) is 22.3 Å². The summed E-state index contributed by atoms with van der Waals surface area (Å²) < 4.78 is 1.28. The maximum Gasteiger partial charge on any atom is 0.0327 e. The van der Waals surface area contributed by atoms with Crippen LogP contribution in [0, 0.1) is 15.4 Å². The maximum atomic E-state index is 3.52. The molecule has 113 heavy (non-hydrogen) atoms. The Morgan fingerprint density at radius 1 is 0.150 bits per heavy atom. The Hall–Kier alpha value is -14.0. The minimum absolute atomic E-state index is 1.00. The summed E-state index contributed by atoms with van der Waals surface area (Å²) in [6.45, 7) is 0. The summed E-state index contributed by atoms with van der Waals surface area (Å²) in [5.41, 5.74) is 16.9. The molecule has 0 unspecified atom stereocenters. The van der Waals surface area contributed by atoms with E-state index in [-0.39, 0.29) is 0 Å². The molecule has 0 aliphatic rings. The average Bonchev–Trinajstić information content (AvgIpc) is 0.706. The van der Waals surface area contributed by atoms with Gasteiger partial charge in [-0.25, -0.2) is 0 Å². The van der Waals surface area contributed by atoms with E-state index >= 15 is 0 Å². The third kappa shape index (κ3) is 10.9. The minimum atomic E-state index is 1.00. The first kappa shape index (κ1) is 66.0. The van der Waals surface area contributed by atoms with Gasteiger partial charge in [-0.3, -0.25) is 0 Å². The monoisotopic (exact) mass is 1540 g/mol. The van der Waals surface area contributed by atoms with Gasteiger partial charge in [0.25, 0.3) is 0 Å². The van der Waals surface area contributed by atoms with Gasteiger partial charge in [-0.15, -0.1) is 0 Å². The molecule has 0 aliphatic carbocycles. The lowest BCUT2D eigenvalue weighted by Crippen LogP contribution is -1.95. The fourth-order valence-electron chi connectivity index (χ4n) is 18.8. The second-order valence-electron chi connectivity index (χ2n) is 29.8. The number of hydrogen-bond donors (Lipinski definition) is 0. The van der Waals surface area contributed by atoms with E-state index in [1.54, 1.807) is 0 Å². The van der Waals surface area contributed by atoms with E-state index in [1.807, 2.05) is 18.2 Å². The van der Waals surface area contributed by atoms with Crippen molar-refractivity contribution in [1.82, 2.24) is 0 Å². The fraction of sp³-hybridized carbons (Fsp3) is 0. The molecule has 23 aromatic rings. The van der Waals surface area contributed by atoms with Gasteiger partial charge in [-0.05, 0) is 295 Å². The SMILES string of the molecule is C(#Cc1ccccc1-c1ccc2c(-c3cc4ccccc4c4ccccc34)c3ccccc3c(-c3cc4ccccc4c4ccccc34)c2c1)c1ccccc1.Ic1c(-c2ccccc2)c2cc3c(-c4cc5ccccc5c5ccccc45)c4ccccc4c(-c4cc5ccccc5c5ccccc45)c3cc2c2ccccc12. The second-order valence-corrected chi connectivity index (χ2v) is 30.9. The Balaban J connectivity index is 0.000000138. The van der Waals surface area contributed by atoms with E-state index in [2.05, 4.69) is 423 Å². The third-order valence-electron chi connectivity index (χ3n) is 23.7. The molecule has 0 fully saturated rings. The van der Waals surface area contributed by atoms with E-state index < -0.39 is 0 Å². The number of benzene rings is 23. The van der Waals surface area contributed by atoms with Crippen molar-refractivity contribution in [2.24, 2.45) is 0 Å². The zero-order valence-electron chi connectivity index (χ0n) is 61.6. The lowest BCUT2D eigenvalue weighted by Gasteiger charge is -2.23. The van der Waals surface area contributed by atoms with Gasteiger partial charge in [0, 0.05) is 20.3 Å². The number of rotatable bonds is 6. The zero-order valence-corrected chi connectivity index (χ0v) is 63.7. The molecule has 0 N–H and O–H groups in total. The van der Waals surface area contributed by atoms with Gasteiger partial charge in [0.05, 0.1) is 0 Å². The predicted octanol–water partition coefficient (Wildman–Crippen LogP) is 31.5. The van der Waals surface area contributed by atoms with Crippen LogP contribution >= 0.6 is 22.6 Å². The molecule has 0 bridgehead atoms. The number of hydrogen-bond acceptors (Lipinski definition) is 0. The average molecular weight is 1540 g/mol. The van der Waals surface area contributed by atoms with Gasteiger partial charge >= 0.3 is 0 Å². The van der Waals surface area contributed by atoms with Crippen molar-refractivity contribution in [2.75, 3.05) is 0 Å². The molecule has 0 nitrogen and oxygen atoms in total. The van der Waals surface area contributed by atoms with Crippen molar-refractivity contribution >= 4 is 173 Å². The minimum Gasteiger partial charge on any atom is -0.0622 e. The molecular formula is C112H67I. The normalized spacial score (nSPS) is 11.7. The van der Waals surface area contributed by atoms with E-state index in [1.165, 1.54) is 210 Å². The Morgan fingerprint density at radius 2 is 0.434 bits per heavy atom. The molecule has 0 amide bonds. The molecule has 522 valence electrons. The molecule has 0 saturated heterocycles. The van der Waals surface area contributed by atoms with Gasteiger partial charge in [-0.1, -0.05) is 358 Å². The summed E-state index contributed by atoms with van der Waals surface area (Å²) in [4.78, 5) is 0. The first-order valence-electron chi connectivity index (χ1n) is 38.9. The van der Waals surface area contributed by atoms with Crippen molar-refractivity contribution in [2.45, 2.75) is 0 Å². The fourth-order valence-corrected chi connectivity index (χ4v) is 19.8. The van der Waals surface area contributed by atoms with Crippen LogP contribution in [-0.2, 0) is 0 Å². The summed E-state index contributed by atoms with van der Waals surface area (Å²) in [6.07, 6.45) is 0.